The van der Waals surface area contributed by atoms with Crippen molar-refractivity contribution in [2.24, 2.45) is 0 Å². The number of carbonyl (C=O) groups is 3. The van der Waals surface area contributed by atoms with Crippen LogP contribution in [0.15, 0.2) is 41.8 Å². The SMILES string of the molecule is C[C@H](c1ccccc1)N(C)C(=O)CN1C(=O)N[C@@]2(CCCc3sccc32)C1=O. The van der Waals surface area contributed by atoms with E-state index in [4.69, 9.17) is 0 Å². The molecule has 0 bridgehead atoms. The molecular formula is C21H23N3O3S. The molecule has 1 aliphatic heterocycles. The molecule has 1 saturated heterocycles. The second-order valence-electron chi connectivity index (χ2n) is 7.43. The van der Waals surface area contributed by atoms with Crippen LogP contribution in [0.3, 0.4) is 0 Å². The highest BCUT2D eigenvalue weighted by molar-refractivity contribution is 7.10. The van der Waals surface area contributed by atoms with Crippen LogP contribution >= 0.6 is 11.3 Å². The number of imide groups is 1. The van der Waals surface area contributed by atoms with Crippen LogP contribution in [-0.4, -0.2) is 41.2 Å². The fourth-order valence-electron chi connectivity index (χ4n) is 4.10. The predicted molar refractivity (Wildman–Crippen MR) is 107 cm³/mol. The summed E-state index contributed by atoms with van der Waals surface area (Å²) in [5.41, 5.74) is 0.888. The molecule has 1 N–H and O–H groups in total. The Morgan fingerprint density at radius 2 is 2.04 bits per heavy atom. The van der Waals surface area contributed by atoms with E-state index in [0.29, 0.717) is 6.42 Å². The van der Waals surface area contributed by atoms with Gasteiger partial charge in [0.1, 0.15) is 12.1 Å². The van der Waals surface area contributed by atoms with Gasteiger partial charge in [-0.1, -0.05) is 30.3 Å². The number of thiophene rings is 1. The molecule has 6 nitrogen and oxygen atoms in total. The molecule has 0 saturated carbocycles. The quantitative estimate of drug-likeness (QED) is 0.806. The van der Waals surface area contributed by atoms with Gasteiger partial charge in [0.2, 0.25) is 5.91 Å². The van der Waals surface area contributed by atoms with E-state index < -0.39 is 11.6 Å². The lowest BCUT2D eigenvalue weighted by Gasteiger charge is -2.31. The molecule has 28 heavy (non-hydrogen) atoms. The van der Waals surface area contributed by atoms with Crippen molar-refractivity contribution in [3.8, 4) is 0 Å². The minimum atomic E-state index is -1.01. The molecule has 2 atom stereocenters. The van der Waals surface area contributed by atoms with Crippen molar-refractivity contribution in [1.82, 2.24) is 15.1 Å². The molecule has 1 aromatic carbocycles. The van der Waals surface area contributed by atoms with Crippen LogP contribution < -0.4 is 5.32 Å². The summed E-state index contributed by atoms with van der Waals surface area (Å²) in [5.74, 6) is -0.579. The highest BCUT2D eigenvalue weighted by Crippen LogP contribution is 2.42. The van der Waals surface area contributed by atoms with Gasteiger partial charge in [0.05, 0.1) is 6.04 Å². The Hall–Kier alpha value is -2.67. The number of urea groups is 1. The van der Waals surface area contributed by atoms with Crippen molar-refractivity contribution in [2.75, 3.05) is 13.6 Å². The van der Waals surface area contributed by atoms with E-state index in [1.165, 1.54) is 0 Å². The number of aryl methyl sites for hydroxylation is 1. The Labute approximate surface area is 168 Å². The highest BCUT2D eigenvalue weighted by atomic mass is 32.1. The van der Waals surface area contributed by atoms with Crippen molar-refractivity contribution in [2.45, 2.75) is 37.8 Å². The van der Waals surface area contributed by atoms with Gasteiger partial charge >= 0.3 is 6.03 Å². The standard InChI is InChI=1S/C21H23N3O3S/c1-14(15-7-4-3-5-8-15)23(2)18(25)13-24-19(26)21(22-20(24)27)11-6-9-17-16(21)10-12-28-17/h3-5,7-8,10,12,14H,6,9,11,13H2,1-2H3,(H,22,27)/t14-,21-/m1/s1. The molecule has 1 aliphatic carbocycles. The molecule has 2 aliphatic rings. The van der Waals surface area contributed by atoms with Crippen molar-refractivity contribution < 1.29 is 14.4 Å². The zero-order chi connectivity index (χ0) is 19.9. The van der Waals surface area contributed by atoms with Gasteiger partial charge < -0.3 is 10.2 Å². The lowest BCUT2D eigenvalue weighted by Crippen LogP contribution is -2.47. The molecule has 1 fully saturated rings. The highest BCUT2D eigenvalue weighted by Gasteiger charge is 2.54. The number of carbonyl (C=O) groups excluding carboxylic acids is 3. The maximum Gasteiger partial charge on any atom is 0.325 e. The molecule has 4 amide bonds. The number of hydrogen-bond acceptors (Lipinski definition) is 4. The van der Waals surface area contributed by atoms with E-state index in [1.807, 2.05) is 48.7 Å². The van der Waals surface area contributed by atoms with Gasteiger partial charge in [0, 0.05) is 17.5 Å². The van der Waals surface area contributed by atoms with E-state index in [1.54, 1.807) is 23.3 Å². The third-order valence-electron chi connectivity index (χ3n) is 5.89. The van der Waals surface area contributed by atoms with Crippen LogP contribution in [0.5, 0.6) is 0 Å². The van der Waals surface area contributed by atoms with Crippen molar-refractivity contribution in [1.29, 1.82) is 0 Å². The number of fused-ring (bicyclic) bond motifs is 2. The lowest BCUT2D eigenvalue weighted by molar-refractivity contribution is -0.139. The summed E-state index contributed by atoms with van der Waals surface area (Å²) in [6.07, 6.45) is 2.34. The topological polar surface area (TPSA) is 69.7 Å². The van der Waals surface area contributed by atoms with Crippen LogP contribution in [0.1, 0.15) is 41.8 Å². The molecule has 0 unspecified atom stereocenters. The summed E-state index contributed by atoms with van der Waals surface area (Å²) < 4.78 is 0. The van der Waals surface area contributed by atoms with Crippen LogP contribution in [0.2, 0.25) is 0 Å². The van der Waals surface area contributed by atoms with E-state index >= 15 is 0 Å². The van der Waals surface area contributed by atoms with Gasteiger partial charge in [-0.05, 0) is 43.2 Å². The van der Waals surface area contributed by atoms with Gasteiger partial charge in [0.25, 0.3) is 5.91 Å². The first-order valence-electron chi connectivity index (χ1n) is 9.45. The summed E-state index contributed by atoms with van der Waals surface area (Å²) in [7, 11) is 1.70. The molecule has 7 heteroatoms. The molecule has 2 heterocycles. The maximum atomic E-state index is 13.2. The summed E-state index contributed by atoms with van der Waals surface area (Å²) in [5, 5.41) is 4.85. The fraction of sp³-hybridized carbons (Fsp3) is 0.381. The molecule has 1 spiro atoms. The van der Waals surface area contributed by atoms with Crippen LogP contribution in [0, 0.1) is 0 Å². The molecule has 4 rings (SSSR count). The number of rotatable bonds is 4. The zero-order valence-corrected chi connectivity index (χ0v) is 16.8. The van der Waals surface area contributed by atoms with E-state index in [-0.39, 0.29) is 24.4 Å². The summed E-state index contributed by atoms with van der Waals surface area (Å²) in [4.78, 5) is 42.5. The zero-order valence-electron chi connectivity index (χ0n) is 16.0. The fourth-order valence-corrected chi connectivity index (χ4v) is 5.10. The third-order valence-corrected chi connectivity index (χ3v) is 6.87. The van der Waals surface area contributed by atoms with E-state index in [9.17, 15) is 14.4 Å². The Balaban J connectivity index is 1.52. The van der Waals surface area contributed by atoms with Crippen LogP contribution in [-0.2, 0) is 21.5 Å². The first-order chi connectivity index (χ1) is 13.4. The van der Waals surface area contributed by atoms with E-state index in [2.05, 4.69) is 5.32 Å². The van der Waals surface area contributed by atoms with Gasteiger partial charge in [-0.3, -0.25) is 14.5 Å². The monoisotopic (exact) mass is 397 g/mol. The number of nitrogens with one attached hydrogen (secondary N) is 1. The van der Waals surface area contributed by atoms with Crippen LogP contribution in [0.25, 0.3) is 0 Å². The number of amides is 4. The van der Waals surface area contributed by atoms with Gasteiger partial charge in [-0.25, -0.2) is 4.79 Å². The molecular weight excluding hydrogens is 374 g/mol. The first kappa shape index (κ1) is 18.7. The summed E-state index contributed by atoms with van der Waals surface area (Å²) in [6.45, 7) is 1.68. The Morgan fingerprint density at radius 3 is 2.79 bits per heavy atom. The van der Waals surface area contributed by atoms with Gasteiger partial charge in [-0.2, -0.15) is 0 Å². The predicted octanol–water partition coefficient (Wildman–Crippen LogP) is 3.05. The summed E-state index contributed by atoms with van der Waals surface area (Å²) in [6, 6.07) is 11.0. The van der Waals surface area contributed by atoms with Crippen molar-refractivity contribution in [3.05, 3.63) is 57.8 Å². The minimum Gasteiger partial charge on any atom is -0.337 e. The summed E-state index contributed by atoms with van der Waals surface area (Å²) >= 11 is 1.61. The second-order valence-corrected chi connectivity index (χ2v) is 8.43. The Morgan fingerprint density at radius 1 is 1.29 bits per heavy atom. The number of likely N-dealkylation sites (N-methyl/N-ethyl adjacent to an activating group) is 1. The van der Waals surface area contributed by atoms with Crippen LogP contribution in [0.4, 0.5) is 4.79 Å². The maximum absolute atomic E-state index is 13.2. The second kappa shape index (κ2) is 7.05. The first-order valence-corrected chi connectivity index (χ1v) is 10.3. The average Bonchev–Trinajstić information content (AvgIpc) is 3.28. The minimum absolute atomic E-state index is 0.151. The largest absolute Gasteiger partial charge is 0.337 e. The molecule has 146 valence electrons. The van der Waals surface area contributed by atoms with Crippen molar-refractivity contribution >= 4 is 29.2 Å². The Bertz CT molecular complexity index is 926. The Kier molecular flexibility index (Phi) is 4.71. The third kappa shape index (κ3) is 2.90. The normalized spacial score (nSPS) is 22.1. The van der Waals surface area contributed by atoms with E-state index in [0.717, 1.165) is 33.7 Å². The van der Waals surface area contributed by atoms with Crippen molar-refractivity contribution in [3.63, 3.8) is 0 Å². The average molecular weight is 398 g/mol. The smallest absolute Gasteiger partial charge is 0.325 e. The molecule has 2 aromatic rings. The number of hydrogen-bond donors (Lipinski definition) is 1. The molecule has 0 radical (unpaired) electrons. The molecule has 1 aromatic heterocycles. The number of benzene rings is 1. The lowest BCUT2D eigenvalue weighted by atomic mass is 9.80. The van der Waals surface area contributed by atoms with Gasteiger partial charge in [0.15, 0.2) is 0 Å². The number of nitrogens with zero attached hydrogens (tertiary/aromatic N) is 2. The van der Waals surface area contributed by atoms with Gasteiger partial charge in [-0.15, -0.1) is 11.3 Å².